The molecule has 3 aromatic carbocycles. The van der Waals surface area contributed by atoms with Crippen molar-refractivity contribution < 1.29 is 0 Å². The molecular weight excluding hydrogens is 787 g/mol. The lowest BCUT2D eigenvalue weighted by Crippen LogP contribution is -2.25. The van der Waals surface area contributed by atoms with E-state index in [1.165, 1.54) is 25.7 Å². The first kappa shape index (κ1) is 46.0. The maximum absolute atomic E-state index is 4.57. The third-order valence-corrected chi connectivity index (χ3v) is 11.1. The van der Waals surface area contributed by atoms with Gasteiger partial charge in [0, 0.05) is 35.2 Å². The molecule has 332 valence electrons. The van der Waals surface area contributed by atoms with Crippen LogP contribution in [0.2, 0.25) is 0 Å². The van der Waals surface area contributed by atoms with Crippen LogP contribution in [0.1, 0.15) is 105 Å². The van der Waals surface area contributed by atoms with Gasteiger partial charge in [-0.2, -0.15) is 0 Å². The van der Waals surface area contributed by atoms with Crippen molar-refractivity contribution in [2.24, 2.45) is 11.8 Å². The first-order chi connectivity index (χ1) is 30.9. The van der Waals surface area contributed by atoms with E-state index in [-0.39, 0.29) is 12.1 Å². The van der Waals surface area contributed by atoms with E-state index < -0.39 is 0 Å². The maximum atomic E-state index is 4.57. The van der Waals surface area contributed by atoms with Gasteiger partial charge in [-0.3, -0.25) is 0 Å². The first-order valence-corrected chi connectivity index (χ1v) is 22.7. The molecule has 0 aliphatic rings. The van der Waals surface area contributed by atoms with Gasteiger partial charge in [0.05, 0.1) is 18.6 Å². The Kier molecular flexibility index (Phi) is 18.6. The van der Waals surface area contributed by atoms with Gasteiger partial charge in [-0.1, -0.05) is 101 Å². The standard InChI is InChI=1S/C48H65N15/c1-5-6-7-11-24-41(53-44-33-50-47(62-59-44)56-39-20-14-9-15-21-39)28-25-35(2)26-29-42(54-45-34-51-48(63-60-45)57-40-22-16-10-17-23-40)30-27-36(3)31-37(4)52-43-32-49-46(61-58-43)55-38-18-12-8-13-19-38/h8-10,12-23,32-37,41-42H,5-7,11,24-31H2,1-4H3,(H,52,58)(H,53,59)(H,54,60)(H,49,55,61)(H,50,56,62)(H,51,57,63). The Bertz CT molecular complexity index is 2110. The average molecular weight is 852 g/mol. The number of unbranched alkanes of at least 4 members (excludes halogenated alkanes) is 3. The molecule has 6 N–H and O–H groups in total. The van der Waals surface area contributed by atoms with Crippen molar-refractivity contribution in [1.29, 1.82) is 0 Å². The Morgan fingerprint density at radius 3 is 1.21 bits per heavy atom. The minimum absolute atomic E-state index is 0.198. The summed E-state index contributed by atoms with van der Waals surface area (Å²) in [5, 5.41) is 46.8. The Labute approximate surface area is 373 Å². The van der Waals surface area contributed by atoms with E-state index in [0.717, 1.165) is 68.4 Å². The zero-order chi connectivity index (χ0) is 43.9. The summed E-state index contributed by atoms with van der Waals surface area (Å²) in [5.41, 5.74) is 2.77. The van der Waals surface area contributed by atoms with Gasteiger partial charge in [0.1, 0.15) is 0 Å². The van der Waals surface area contributed by atoms with Crippen molar-refractivity contribution in [1.82, 2.24) is 45.5 Å². The summed E-state index contributed by atoms with van der Waals surface area (Å²) in [7, 11) is 0. The van der Waals surface area contributed by atoms with Crippen LogP contribution < -0.4 is 31.9 Å². The van der Waals surface area contributed by atoms with Crippen LogP contribution in [-0.4, -0.2) is 63.7 Å². The smallest absolute Gasteiger partial charge is 0.247 e. The minimum atomic E-state index is 0.198. The number of benzene rings is 3. The monoisotopic (exact) mass is 852 g/mol. The molecule has 0 aliphatic heterocycles. The number of anilines is 9. The van der Waals surface area contributed by atoms with Gasteiger partial charge in [0.25, 0.3) is 0 Å². The summed E-state index contributed by atoms with van der Waals surface area (Å²) in [6.07, 6.45) is 18.6. The van der Waals surface area contributed by atoms with Gasteiger partial charge in [-0.15, -0.1) is 30.6 Å². The van der Waals surface area contributed by atoms with Crippen molar-refractivity contribution >= 4 is 52.4 Å². The fourth-order valence-electron chi connectivity index (χ4n) is 7.59. The van der Waals surface area contributed by atoms with E-state index in [0.29, 0.717) is 53.2 Å². The molecule has 3 heterocycles. The van der Waals surface area contributed by atoms with E-state index in [2.05, 4.69) is 105 Å². The highest BCUT2D eigenvalue weighted by Crippen LogP contribution is 2.25. The van der Waals surface area contributed by atoms with Gasteiger partial charge >= 0.3 is 0 Å². The third kappa shape index (κ3) is 17.1. The summed E-state index contributed by atoms with van der Waals surface area (Å²) in [6, 6.07) is 30.3. The van der Waals surface area contributed by atoms with E-state index in [4.69, 9.17) is 0 Å². The average Bonchev–Trinajstić information content (AvgIpc) is 3.30. The number of aromatic nitrogens is 9. The molecule has 0 radical (unpaired) electrons. The van der Waals surface area contributed by atoms with Gasteiger partial charge in [-0.05, 0) is 107 Å². The molecule has 0 aliphatic carbocycles. The van der Waals surface area contributed by atoms with Crippen LogP contribution >= 0.6 is 0 Å². The number of nitrogens with one attached hydrogen (secondary N) is 6. The Morgan fingerprint density at radius 2 is 0.810 bits per heavy atom. The number of hydrogen-bond acceptors (Lipinski definition) is 15. The highest BCUT2D eigenvalue weighted by molar-refractivity contribution is 5.54. The van der Waals surface area contributed by atoms with Crippen molar-refractivity contribution in [2.45, 2.75) is 123 Å². The number of nitrogens with zero attached hydrogens (tertiary/aromatic N) is 9. The molecule has 0 saturated carbocycles. The number of para-hydroxylation sites is 3. The summed E-state index contributed by atoms with van der Waals surface area (Å²) < 4.78 is 0. The van der Waals surface area contributed by atoms with E-state index in [1.807, 2.05) is 91.0 Å². The molecule has 6 rings (SSSR count). The van der Waals surface area contributed by atoms with Crippen molar-refractivity contribution in [3.63, 3.8) is 0 Å². The molecule has 0 spiro atoms. The highest BCUT2D eigenvalue weighted by Gasteiger charge is 2.18. The lowest BCUT2D eigenvalue weighted by Gasteiger charge is -2.25. The molecule has 15 heteroatoms. The molecular formula is C48H65N15. The Morgan fingerprint density at radius 1 is 0.413 bits per heavy atom. The van der Waals surface area contributed by atoms with Gasteiger partial charge < -0.3 is 31.9 Å². The third-order valence-electron chi connectivity index (χ3n) is 11.1. The second-order valence-electron chi connectivity index (χ2n) is 16.7. The number of hydrogen-bond donors (Lipinski definition) is 6. The van der Waals surface area contributed by atoms with Gasteiger partial charge in [0.15, 0.2) is 17.5 Å². The fraction of sp³-hybridized carbons (Fsp3) is 0.438. The molecule has 15 nitrogen and oxygen atoms in total. The van der Waals surface area contributed by atoms with E-state index in [9.17, 15) is 0 Å². The van der Waals surface area contributed by atoms with Crippen molar-refractivity contribution in [3.8, 4) is 0 Å². The molecule has 0 saturated heterocycles. The minimum Gasteiger partial charge on any atom is -0.365 e. The molecule has 5 unspecified atom stereocenters. The summed E-state index contributed by atoms with van der Waals surface area (Å²) in [5.74, 6) is 4.47. The molecule has 0 amide bonds. The van der Waals surface area contributed by atoms with Crippen LogP contribution in [0.25, 0.3) is 0 Å². The summed E-state index contributed by atoms with van der Waals surface area (Å²) >= 11 is 0. The second kappa shape index (κ2) is 25.4. The summed E-state index contributed by atoms with van der Waals surface area (Å²) in [4.78, 5) is 13.6. The fourth-order valence-corrected chi connectivity index (χ4v) is 7.59. The highest BCUT2D eigenvalue weighted by atomic mass is 15.3. The Balaban J connectivity index is 1.01. The maximum Gasteiger partial charge on any atom is 0.247 e. The van der Waals surface area contributed by atoms with E-state index in [1.54, 1.807) is 18.6 Å². The molecule has 6 aromatic rings. The van der Waals surface area contributed by atoms with Crippen LogP contribution in [0.4, 0.5) is 52.4 Å². The predicted octanol–water partition coefficient (Wildman–Crippen LogP) is 11.2. The molecule has 0 bridgehead atoms. The zero-order valence-electron chi connectivity index (χ0n) is 37.3. The van der Waals surface area contributed by atoms with Crippen LogP contribution in [-0.2, 0) is 0 Å². The van der Waals surface area contributed by atoms with Gasteiger partial charge in [-0.25, -0.2) is 15.0 Å². The molecule has 0 fully saturated rings. The molecule has 5 atom stereocenters. The predicted molar refractivity (Wildman–Crippen MR) is 256 cm³/mol. The largest absolute Gasteiger partial charge is 0.365 e. The van der Waals surface area contributed by atoms with Crippen molar-refractivity contribution in [2.75, 3.05) is 31.9 Å². The molecule has 63 heavy (non-hydrogen) atoms. The number of rotatable bonds is 28. The van der Waals surface area contributed by atoms with Crippen LogP contribution in [0.3, 0.4) is 0 Å². The summed E-state index contributed by atoms with van der Waals surface area (Å²) in [6.45, 7) is 9.14. The lowest BCUT2D eigenvalue weighted by atomic mass is 9.90. The second-order valence-corrected chi connectivity index (χ2v) is 16.7. The van der Waals surface area contributed by atoms with Crippen molar-refractivity contribution in [3.05, 3.63) is 110 Å². The normalized spacial score (nSPS) is 13.5. The van der Waals surface area contributed by atoms with Crippen LogP contribution in [0.5, 0.6) is 0 Å². The SMILES string of the molecule is CCCCCCC(CCC(C)CCC(CCC(C)CC(C)Nc1cnc(Nc2ccccc2)nn1)Nc1cnc(Nc2ccccc2)nn1)Nc1cnc(Nc2ccccc2)nn1. The topological polar surface area (TPSA) is 188 Å². The van der Waals surface area contributed by atoms with E-state index >= 15 is 0 Å². The van der Waals surface area contributed by atoms with Crippen LogP contribution in [0.15, 0.2) is 110 Å². The zero-order valence-corrected chi connectivity index (χ0v) is 37.3. The Hall–Kier alpha value is -6.51. The first-order valence-electron chi connectivity index (χ1n) is 22.7. The van der Waals surface area contributed by atoms with Crippen LogP contribution in [0, 0.1) is 11.8 Å². The quantitative estimate of drug-likeness (QED) is 0.0256. The van der Waals surface area contributed by atoms with Gasteiger partial charge in [0.2, 0.25) is 17.8 Å². The molecule has 3 aromatic heterocycles. The lowest BCUT2D eigenvalue weighted by molar-refractivity contribution is 0.387.